The van der Waals surface area contributed by atoms with Crippen molar-refractivity contribution in [3.05, 3.63) is 29.8 Å². The van der Waals surface area contributed by atoms with Crippen molar-refractivity contribution in [3.63, 3.8) is 0 Å². The number of likely N-dealkylation sites (N-methyl/N-ethyl adjacent to an activating group) is 1. The molecular formula is C14H24ClN3O3S. The van der Waals surface area contributed by atoms with Gasteiger partial charge in [-0.25, -0.2) is 13.1 Å². The zero-order valence-corrected chi connectivity index (χ0v) is 14.7. The Labute approximate surface area is 138 Å². The highest BCUT2D eigenvalue weighted by molar-refractivity contribution is 7.89. The Balaban J connectivity index is 0.00000441. The maximum Gasteiger partial charge on any atom is 0.240 e. The van der Waals surface area contributed by atoms with Crippen LogP contribution in [0.2, 0.25) is 0 Å². The lowest BCUT2D eigenvalue weighted by molar-refractivity contribution is -0.121. The lowest BCUT2D eigenvalue weighted by Crippen LogP contribution is -2.38. The Hall–Kier alpha value is -1.15. The van der Waals surface area contributed by atoms with E-state index in [1.165, 1.54) is 0 Å². The van der Waals surface area contributed by atoms with Crippen molar-refractivity contribution in [2.24, 2.45) is 0 Å². The van der Waals surface area contributed by atoms with Gasteiger partial charge in [0, 0.05) is 25.6 Å². The smallest absolute Gasteiger partial charge is 0.240 e. The number of amides is 1. The largest absolute Gasteiger partial charge is 0.355 e. The molecule has 22 heavy (non-hydrogen) atoms. The highest BCUT2D eigenvalue weighted by atomic mass is 35.5. The summed E-state index contributed by atoms with van der Waals surface area (Å²) in [6, 6.07) is 6.75. The molecule has 0 saturated carbocycles. The van der Waals surface area contributed by atoms with E-state index in [1.54, 1.807) is 24.3 Å². The topological polar surface area (TPSA) is 87.3 Å². The van der Waals surface area contributed by atoms with Crippen molar-refractivity contribution in [3.8, 4) is 0 Å². The Kier molecular flexibility index (Phi) is 9.27. The SMILES string of the molecule is CNC(C)CNC(=O)CCNS(=O)(=O)c1ccc(C)cc1.Cl. The summed E-state index contributed by atoms with van der Waals surface area (Å²) in [5.41, 5.74) is 0.993. The number of carbonyl (C=O) groups excluding carboxylic acids is 1. The van der Waals surface area contributed by atoms with Crippen LogP contribution in [0, 0.1) is 6.92 Å². The zero-order valence-electron chi connectivity index (χ0n) is 13.0. The van der Waals surface area contributed by atoms with Crippen LogP contribution in [0.5, 0.6) is 0 Å². The van der Waals surface area contributed by atoms with Gasteiger partial charge in [0.05, 0.1) is 4.90 Å². The van der Waals surface area contributed by atoms with Crippen molar-refractivity contribution in [1.82, 2.24) is 15.4 Å². The molecule has 1 unspecified atom stereocenters. The highest BCUT2D eigenvalue weighted by Crippen LogP contribution is 2.09. The molecule has 0 aliphatic heterocycles. The van der Waals surface area contributed by atoms with Crippen molar-refractivity contribution >= 4 is 28.3 Å². The van der Waals surface area contributed by atoms with Crippen LogP contribution < -0.4 is 15.4 Å². The summed E-state index contributed by atoms with van der Waals surface area (Å²) in [6.45, 7) is 4.43. The molecule has 0 aliphatic rings. The molecular weight excluding hydrogens is 326 g/mol. The van der Waals surface area contributed by atoms with E-state index in [9.17, 15) is 13.2 Å². The number of carbonyl (C=O) groups is 1. The minimum atomic E-state index is -3.55. The van der Waals surface area contributed by atoms with E-state index in [0.717, 1.165) is 5.56 Å². The summed E-state index contributed by atoms with van der Waals surface area (Å²) in [5, 5.41) is 5.73. The molecule has 0 bridgehead atoms. The Bertz CT molecular complexity index is 561. The number of hydrogen-bond acceptors (Lipinski definition) is 4. The number of halogens is 1. The molecule has 0 aliphatic carbocycles. The second kappa shape index (κ2) is 9.78. The number of hydrogen-bond donors (Lipinski definition) is 3. The third-order valence-electron chi connectivity index (χ3n) is 3.07. The maximum absolute atomic E-state index is 12.0. The minimum absolute atomic E-state index is 0. The average Bonchev–Trinajstić information content (AvgIpc) is 2.45. The molecule has 3 N–H and O–H groups in total. The van der Waals surface area contributed by atoms with Crippen LogP contribution in [-0.2, 0) is 14.8 Å². The van der Waals surface area contributed by atoms with Crippen molar-refractivity contribution in [2.75, 3.05) is 20.1 Å². The quantitative estimate of drug-likeness (QED) is 0.648. The van der Waals surface area contributed by atoms with Crippen LogP contribution in [0.4, 0.5) is 0 Å². The van der Waals surface area contributed by atoms with E-state index >= 15 is 0 Å². The second-order valence-corrected chi connectivity index (χ2v) is 6.72. The number of benzene rings is 1. The van der Waals surface area contributed by atoms with Gasteiger partial charge in [-0.15, -0.1) is 12.4 Å². The number of rotatable bonds is 8. The van der Waals surface area contributed by atoms with Crippen LogP contribution in [-0.4, -0.2) is 40.5 Å². The van der Waals surface area contributed by atoms with Crippen LogP contribution >= 0.6 is 12.4 Å². The van der Waals surface area contributed by atoms with Crippen molar-refractivity contribution in [1.29, 1.82) is 0 Å². The van der Waals surface area contributed by atoms with Crippen LogP contribution in [0.15, 0.2) is 29.2 Å². The highest BCUT2D eigenvalue weighted by Gasteiger charge is 2.13. The molecule has 0 radical (unpaired) electrons. The monoisotopic (exact) mass is 349 g/mol. The first-order valence-electron chi connectivity index (χ1n) is 6.85. The second-order valence-electron chi connectivity index (χ2n) is 4.95. The lowest BCUT2D eigenvalue weighted by Gasteiger charge is -2.11. The van der Waals surface area contributed by atoms with Gasteiger partial charge in [-0.2, -0.15) is 0 Å². The summed E-state index contributed by atoms with van der Waals surface area (Å²) in [6.07, 6.45) is 0.113. The van der Waals surface area contributed by atoms with Crippen LogP contribution in [0.1, 0.15) is 18.9 Å². The minimum Gasteiger partial charge on any atom is -0.355 e. The molecule has 1 rings (SSSR count). The molecule has 0 saturated heterocycles. The first-order chi connectivity index (χ1) is 9.85. The maximum atomic E-state index is 12.0. The van der Waals surface area contributed by atoms with E-state index in [0.29, 0.717) is 6.54 Å². The molecule has 0 spiro atoms. The van der Waals surface area contributed by atoms with E-state index < -0.39 is 10.0 Å². The molecule has 0 heterocycles. The number of nitrogens with one attached hydrogen (secondary N) is 3. The molecule has 6 nitrogen and oxygen atoms in total. The Morgan fingerprint density at radius 3 is 2.36 bits per heavy atom. The summed E-state index contributed by atoms with van der Waals surface area (Å²) < 4.78 is 26.4. The van der Waals surface area contributed by atoms with Gasteiger partial charge in [0.1, 0.15) is 0 Å². The first kappa shape index (κ1) is 20.9. The van der Waals surface area contributed by atoms with E-state index in [1.807, 2.05) is 20.9 Å². The standard InChI is InChI=1S/C14H23N3O3S.ClH/c1-11-4-6-13(7-5-11)21(19,20)17-9-8-14(18)16-10-12(2)15-3;/h4-7,12,15,17H,8-10H2,1-3H3,(H,16,18);1H. The normalized spacial score (nSPS) is 12.3. The Morgan fingerprint density at radius 2 is 1.82 bits per heavy atom. The fourth-order valence-electron chi connectivity index (χ4n) is 1.56. The molecule has 1 aromatic carbocycles. The third kappa shape index (κ3) is 7.22. The summed E-state index contributed by atoms with van der Waals surface area (Å²) in [7, 11) is -1.74. The van der Waals surface area contributed by atoms with Gasteiger partial charge in [-0.05, 0) is 33.0 Å². The van der Waals surface area contributed by atoms with E-state index in [-0.39, 0.29) is 42.2 Å². The predicted octanol–water partition coefficient (Wildman–Crippen LogP) is 0.809. The fraction of sp³-hybridized carbons (Fsp3) is 0.500. The zero-order chi connectivity index (χ0) is 15.9. The van der Waals surface area contributed by atoms with Gasteiger partial charge in [-0.3, -0.25) is 4.79 Å². The third-order valence-corrected chi connectivity index (χ3v) is 4.55. The summed E-state index contributed by atoms with van der Waals surface area (Å²) in [5.74, 6) is -0.177. The molecule has 8 heteroatoms. The first-order valence-corrected chi connectivity index (χ1v) is 8.34. The van der Waals surface area contributed by atoms with Crippen LogP contribution in [0.3, 0.4) is 0 Å². The summed E-state index contributed by atoms with van der Waals surface area (Å²) in [4.78, 5) is 11.8. The van der Waals surface area contributed by atoms with Gasteiger partial charge in [-0.1, -0.05) is 17.7 Å². The van der Waals surface area contributed by atoms with Crippen molar-refractivity contribution < 1.29 is 13.2 Å². The summed E-state index contributed by atoms with van der Waals surface area (Å²) >= 11 is 0. The van der Waals surface area contributed by atoms with Crippen LogP contribution in [0.25, 0.3) is 0 Å². The van der Waals surface area contributed by atoms with E-state index in [4.69, 9.17) is 0 Å². The molecule has 1 amide bonds. The fourth-order valence-corrected chi connectivity index (χ4v) is 2.59. The number of aryl methyl sites for hydroxylation is 1. The average molecular weight is 350 g/mol. The van der Waals surface area contributed by atoms with Gasteiger partial charge < -0.3 is 10.6 Å². The Morgan fingerprint density at radius 1 is 1.23 bits per heavy atom. The molecule has 126 valence electrons. The van der Waals surface area contributed by atoms with Gasteiger partial charge >= 0.3 is 0 Å². The molecule has 1 atom stereocenters. The predicted molar refractivity (Wildman–Crippen MR) is 89.8 cm³/mol. The lowest BCUT2D eigenvalue weighted by atomic mass is 10.2. The van der Waals surface area contributed by atoms with Gasteiger partial charge in [0.25, 0.3) is 0 Å². The molecule has 1 aromatic rings. The van der Waals surface area contributed by atoms with E-state index in [2.05, 4.69) is 15.4 Å². The molecule has 0 fully saturated rings. The van der Waals surface area contributed by atoms with Crippen molar-refractivity contribution in [2.45, 2.75) is 31.2 Å². The molecule has 0 aromatic heterocycles. The van der Waals surface area contributed by atoms with Gasteiger partial charge in [0.2, 0.25) is 15.9 Å². The van der Waals surface area contributed by atoms with Gasteiger partial charge in [0.15, 0.2) is 0 Å². The number of sulfonamides is 1.